The average molecular weight is 287 g/mol. The minimum atomic E-state index is -3.38. The summed E-state index contributed by atoms with van der Waals surface area (Å²) < 4.78 is 26.5. The highest BCUT2D eigenvalue weighted by molar-refractivity contribution is 7.89. The predicted octanol–water partition coefficient (Wildman–Crippen LogP) is 2.78. The molecule has 0 bridgehead atoms. The lowest BCUT2D eigenvalue weighted by Gasteiger charge is -2.21. The second kappa shape index (κ2) is 8.32. The SMILES string of the molecule is CCCCCN(CCCCC)S(=O)(=O)c1cn[nH]c1. The van der Waals surface area contributed by atoms with E-state index in [1.807, 2.05) is 0 Å². The van der Waals surface area contributed by atoms with E-state index in [1.165, 1.54) is 12.4 Å². The molecule has 0 amide bonds. The molecular weight excluding hydrogens is 262 g/mol. The molecule has 0 unspecified atom stereocenters. The number of nitrogens with one attached hydrogen (secondary N) is 1. The summed E-state index contributed by atoms with van der Waals surface area (Å²) in [5.74, 6) is 0. The number of aromatic nitrogens is 2. The lowest BCUT2D eigenvalue weighted by atomic mass is 10.2. The monoisotopic (exact) mass is 287 g/mol. The standard InChI is InChI=1S/C13H25N3O2S/c1-3-5-7-9-16(10-8-6-4-2)19(17,18)13-11-14-15-12-13/h11-12H,3-10H2,1-2H3,(H,14,15). The van der Waals surface area contributed by atoms with Crippen molar-refractivity contribution in [3.8, 4) is 0 Å². The van der Waals surface area contributed by atoms with Crippen molar-refractivity contribution in [3.05, 3.63) is 12.4 Å². The normalized spacial score (nSPS) is 12.2. The summed E-state index contributed by atoms with van der Waals surface area (Å²) in [6.45, 7) is 5.44. The van der Waals surface area contributed by atoms with E-state index in [1.54, 1.807) is 4.31 Å². The Kier molecular flexibility index (Phi) is 7.09. The van der Waals surface area contributed by atoms with Gasteiger partial charge in [-0.25, -0.2) is 8.42 Å². The minimum Gasteiger partial charge on any atom is -0.284 e. The Balaban J connectivity index is 2.70. The molecule has 110 valence electrons. The second-order valence-electron chi connectivity index (χ2n) is 4.75. The molecule has 1 aromatic rings. The third-order valence-electron chi connectivity index (χ3n) is 3.13. The fourth-order valence-electron chi connectivity index (χ4n) is 1.96. The number of unbranched alkanes of at least 4 members (excludes halogenated alkanes) is 4. The molecule has 19 heavy (non-hydrogen) atoms. The van der Waals surface area contributed by atoms with Crippen LogP contribution in [0.4, 0.5) is 0 Å². The van der Waals surface area contributed by atoms with Gasteiger partial charge >= 0.3 is 0 Å². The van der Waals surface area contributed by atoms with Gasteiger partial charge in [0.05, 0.1) is 6.20 Å². The molecule has 0 saturated carbocycles. The lowest BCUT2D eigenvalue weighted by Crippen LogP contribution is -2.32. The Morgan fingerprint density at radius 3 is 2.11 bits per heavy atom. The predicted molar refractivity (Wildman–Crippen MR) is 76.4 cm³/mol. The molecule has 1 heterocycles. The second-order valence-corrected chi connectivity index (χ2v) is 6.69. The zero-order valence-electron chi connectivity index (χ0n) is 11.9. The van der Waals surface area contributed by atoms with Crippen LogP contribution in [0.2, 0.25) is 0 Å². The summed E-state index contributed by atoms with van der Waals surface area (Å²) in [7, 11) is -3.38. The quantitative estimate of drug-likeness (QED) is 0.673. The van der Waals surface area contributed by atoms with Crippen molar-refractivity contribution in [1.29, 1.82) is 0 Å². The van der Waals surface area contributed by atoms with Crippen LogP contribution in [0.1, 0.15) is 52.4 Å². The zero-order chi connectivity index (χ0) is 14.1. The minimum absolute atomic E-state index is 0.264. The maximum absolute atomic E-state index is 12.4. The number of nitrogens with zero attached hydrogens (tertiary/aromatic N) is 2. The molecule has 0 atom stereocenters. The molecule has 0 spiro atoms. The number of hydrogen-bond donors (Lipinski definition) is 1. The molecule has 0 fully saturated rings. The first-order chi connectivity index (χ1) is 9.12. The fraction of sp³-hybridized carbons (Fsp3) is 0.769. The van der Waals surface area contributed by atoms with E-state index >= 15 is 0 Å². The van der Waals surface area contributed by atoms with Crippen LogP contribution in [-0.4, -0.2) is 36.0 Å². The van der Waals surface area contributed by atoms with Crippen LogP contribution in [0.3, 0.4) is 0 Å². The van der Waals surface area contributed by atoms with E-state index in [-0.39, 0.29) is 4.90 Å². The number of rotatable bonds is 10. The van der Waals surface area contributed by atoms with Gasteiger partial charge in [-0.3, -0.25) is 5.10 Å². The maximum Gasteiger partial charge on any atom is 0.246 e. The molecule has 0 aliphatic carbocycles. The molecule has 1 N–H and O–H groups in total. The molecule has 0 aromatic carbocycles. The van der Waals surface area contributed by atoms with Crippen molar-refractivity contribution < 1.29 is 8.42 Å². The van der Waals surface area contributed by atoms with E-state index in [2.05, 4.69) is 24.0 Å². The maximum atomic E-state index is 12.4. The van der Waals surface area contributed by atoms with Crippen molar-refractivity contribution >= 4 is 10.0 Å². The van der Waals surface area contributed by atoms with Crippen LogP contribution in [0, 0.1) is 0 Å². The van der Waals surface area contributed by atoms with Crippen molar-refractivity contribution in [3.63, 3.8) is 0 Å². The van der Waals surface area contributed by atoms with Gasteiger partial charge in [0.25, 0.3) is 0 Å². The molecule has 1 rings (SSSR count). The van der Waals surface area contributed by atoms with Gasteiger partial charge in [0.1, 0.15) is 4.90 Å². The Hall–Kier alpha value is -0.880. The molecule has 0 aliphatic rings. The van der Waals surface area contributed by atoms with Gasteiger partial charge in [-0.05, 0) is 12.8 Å². The van der Waals surface area contributed by atoms with Crippen LogP contribution >= 0.6 is 0 Å². The van der Waals surface area contributed by atoms with Gasteiger partial charge in [0.15, 0.2) is 0 Å². The summed E-state index contributed by atoms with van der Waals surface area (Å²) in [5.41, 5.74) is 0. The number of sulfonamides is 1. The zero-order valence-corrected chi connectivity index (χ0v) is 12.7. The Bertz CT molecular complexity index is 419. The Morgan fingerprint density at radius 2 is 1.68 bits per heavy atom. The van der Waals surface area contributed by atoms with Gasteiger partial charge in [-0.15, -0.1) is 0 Å². The van der Waals surface area contributed by atoms with Crippen molar-refractivity contribution in [2.24, 2.45) is 0 Å². The highest BCUT2D eigenvalue weighted by Gasteiger charge is 2.24. The average Bonchev–Trinajstić information content (AvgIpc) is 2.91. The van der Waals surface area contributed by atoms with E-state index in [4.69, 9.17) is 0 Å². The molecule has 0 saturated heterocycles. The molecule has 0 aliphatic heterocycles. The van der Waals surface area contributed by atoms with Crippen molar-refractivity contribution in [2.75, 3.05) is 13.1 Å². The van der Waals surface area contributed by atoms with Crippen LogP contribution < -0.4 is 0 Å². The number of aromatic amines is 1. The van der Waals surface area contributed by atoms with Gasteiger partial charge < -0.3 is 0 Å². The first-order valence-electron chi connectivity index (χ1n) is 7.11. The van der Waals surface area contributed by atoms with E-state index in [0.29, 0.717) is 13.1 Å². The Labute approximate surface area is 116 Å². The third kappa shape index (κ3) is 4.95. The van der Waals surface area contributed by atoms with Crippen LogP contribution in [0.15, 0.2) is 17.3 Å². The van der Waals surface area contributed by atoms with Gasteiger partial charge in [-0.2, -0.15) is 9.40 Å². The molecule has 5 nitrogen and oxygen atoms in total. The van der Waals surface area contributed by atoms with Crippen LogP contribution in [-0.2, 0) is 10.0 Å². The van der Waals surface area contributed by atoms with Crippen molar-refractivity contribution in [2.45, 2.75) is 57.3 Å². The lowest BCUT2D eigenvalue weighted by molar-refractivity contribution is 0.388. The topological polar surface area (TPSA) is 66.1 Å². The summed E-state index contributed by atoms with van der Waals surface area (Å²) in [5, 5.41) is 6.30. The summed E-state index contributed by atoms with van der Waals surface area (Å²) >= 11 is 0. The summed E-state index contributed by atoms with van der Waals surface area (Å²) in [6, 6.07) is 0. The Morgan fingerprint density at radius 1 is 1.11 bits per heavy atom. The van der Waals surface area contributed by atoms with Gasteiger partial charge in [0, 0.05) is 19.3 Å². The van der Waals surface area contributed by atoms with E-state index in [0.717, 1.165) is 38.5 Å². The van der Waals surface area contributed by atoms with Crippen LogP contribution in [0.5, 0.6) is 0 Å². The molecular formula is C13H25N3O2S. The molecule has 6 heteroatoms. The van der Waals surface area contributed by atoms with Crippen LogP contribution in [0.25, 0.3) is 0 Å². The number of H-pyrrole nitrogens is 1. The largest absolute Gasteiger partial charge is 0.284 e. The summed E-state index contributed by atoms with van der Waals surface area (Å²) in [4.78, 5) is 0.264. The smallest absolute Gasteiger partial charge is 0.246 e. The molecule has 0 radical (unpaired) electrons. The van der Waals surface area contributed by atoms with E-state index < -0.39 is 10.0 Å². The fourth-order valence-corrected chi connectivity index (χ4v) is 3.38. The van der Waals surface area contributed by atoms with Crippen molar-refractivity contribution in [1.82, 2.24) is 14.5 Å². The first-order valence-corrected chi connectivity index (χ1v) is 8.55. The number of hydrogen-bond acceptors (Lipinski definition) is 3. The van der Waals surface area contributed by atoms with Gasteiger partial charge in [0.2, 0.25) is 10.0 Å². The highest BCUT2D eigenvalue weighted by atomic mass is 32.2. The molecule has 1 aromatic heterocycles. The summed E-state index contributed by atoms with van der Waals surface area (Å²) in [6.07, 6.45) is 8.96. The highest BCUT2D eigenvalue weighted by Crippen LogP contribution is 2.16. The first kappa shape index (κ1) is 16.2. The van der Waals surface area contributed by atoms with E-state index in [9.17, 15) is 8.42 Å². The van der Waals surface area contributed by atoms with Gasteiger partial charge in [-0.1, -0.05) is 39.5 Å². The third-order valence-corrected chi connectivity index (χ3v) is 5.00.